The van der Waals surface area contributed by atoms with Gasteiger partial charge in [0.05, 0.1) is 5.02 Å². The Hall–Kier alpha value is -0.510. The van der Waals surface area contributed by atoms with E-state index in [2.05, 4.69) is 27.3 Å². The van der Waals surface area contributed by atoms with Crippen molar-refractivity contribution in [3.8, 4) is 0 Å². The smallest absolute Gasteiger partial charge is 0.153 e. The highest BCUT2D eigenvalue weighted by atomic mass is 79.9. The number of nitrogens with one attached hydrogen (secondary N) is 1. The van der Waals surface area contributed by atoms with Gasteiger partial charge in [0.2, 0.25) is 0 Å². The Morgan fingerprint density at radius 2 is 2.27 bits per heavy atom. The molecule has 1 aromatic heterocycles. The van der Waals surface area contributed by atoms with Crippen LogP contribution in [0.4, 0.5) is 0 Å². The zero-order chi connectivity index (χ0) is 10.4. The minimum absolute atomic E-state index is 0.675. The van der Waals surface area contributed by atoms with Crippen LogP contribution >= 0.6 is 27.5 Å². The third-order valence-electron chi connectivity index (χ3n) is 2.73. The largest absolute Gasteiger partial charge is 0.459 e. The van der Waals surface area contributed by atoms with Crippen molar-refractivity contribution in [2.24, 2.45) is 0 Å². The van der Waals surface area contributed by atoms with E-state index in [9.17, 15) is 0 Å². The molecule has 0 atom stereocenters. The molecule has 0 fully saturated rings. The monoisotopic (exact) mass is 285 g/mol. The molecule has 0 spiro atoms. The van der Waals surface area contributed by atoms with Crippen LogP contribution in [-0.4, -0.2) is 6.54 Å². The first-order valence-corrected chi connectivity index (χ1v) is 6.03. The molecular formula is C11H9BrClNO. The van der Waals surface area contributed by atoms with E-state index >= 15 is 0 Å². The second-order valence-corrected chi connectivity index (χ2v) is 5.02. The van der Waals surface area contributed by atoms with Crippen LogP contribution < -0.4 is 5.32 Å². The van der Waals surface area contributed by atoms with E-state index in [1.807, 2.05) is 6.07 Å². The quantitative estimate of drug-likeness (QED) is 0.802. The van der Waals surface area contributed by atoms with E-state index in [1.54, 1.807) is 0 Å². The average Bonchev–Trinajstić information content (AvgIpc) is 2.57. The first-order chi connectivity index (χ1) is 7.25. The molecule has 0 radical (unpaired) electrons. The predicted molar refractivity (Wildman–Crippen MR) is 64.3 cm³/mol. The van der Waals surface area contributed by atoms with Gasteiger partial charge >= 0.3 is 0 Å². The van der Waals surface area contributed by atoms with E-state index in [0.717, 1.165) is 40.7 Å². The van der Waals surface area contributed by atoms with Crippen molar-refractivity contribution >= 4 is 38.5 Å². The standard InChI is InChI=1S/C11H9BrClNO/c12-6-3-7-8-5-14-2-1-10(8)15-11(7)9(13)4-6/h3-4,14H,1-2,5H2. The zero-order valence-electron chi connectivity index (χ0n) is 7.94. The first-order valence-electron chi connectivity index (χ1n) is 4.86. The van der Waals surface area contributed by atoms with Crippen molar-refractivity contribution in [2.75, 3.05) is 6.54 Å². The highest BCUT2D eigenvalue weighted by Gasteiger charge is 2.19. The Bertz CT molecular complexity index is 535. The molecule has 2 nitrogen and oxygen atoms in total. The molecule has 0 unspecified atom stereocenters. The summed E-state index contributed by atoms with van der Waals surface area (Å²) in [6, 6.07) is 3.93. The molecular weight excluding hydrogens is 277 g/mol. The SMILES string of the molecule is Clc1cc(Br)cc2c3c(oc12)CCNC3. The van der Waals surface area contributed by atoms with Gasteiger partial charge < -0.3 is 9.73 Å². The Labute approximate surface area is 101 Å². The molecule has 2 aromatic rings. The zero-order valence-corrected chi connectivity index (χ0v) is 10.3. The summed E-state index contributed by atoms with van der Waals surface area (Å²) in [7, 11) is 0. The summed E-state index contributed by atoms with van der Waals surface area (Å²) in [6.07, 6.45) is 0.942. The normalized spacial score (nSPS) is 15.6. The second-order valence-electron chi connectivity index (χ2n) is 3.69. The fourth-order valence-corrected chi connectivity index (χ4v) is 2.88. The number of fused-ring (bicyclic) bond motifs is 3. The summed E-state index contributed by atoms with van der Waals surface area (Å²) < 4.78 is 6.78. The van der Waals surface area contributed by atoms with Crippen LogP contribution in [0, 0.1) is 0 Å². The van der Waals surface area contributed by atoms with E-state index < -0.39 is 0 Å². The third-order valence-corrected chi connectivity index (χ3v) is 3.46. The lowest BCUT2D eigenvalue weighted by atomic mass is 10.1. The molecule has 0 aliphatic carbocycles. The van der Waals surface area contributed by atoms with E-state index in [4.69, 9.17) is 16.0 Å². The second kappa shape index (κ2) is 3.51. The molecule has 2 heterocycles. The summed E-state index contributed by atoms with van der Waals surface area (Å²) >= 11 is 9.59. The summed E-state index contributed by atoms with van der Waals surface area (Å²) in [5.41, 5.74) is 2.06. The number of furan rings is 1. The average molecular weight is 287 g/mol. The van der Waals surface area contributed by atoms with Crippen molar-refractivity contribution in [1.82, 2.24) is 5.32 Å². The molecule has 1 aliphatic heterocycles. The van der Waals surface area contributed by atoms with Gasteiger partial charge in [-0.2, -0.15) is 0 Å². The highest BCUT2D eigenvalue weighted by molar-refractivity contribution is 9.10. The van der Waals surface area contributed by atoms with Gasteiger partial charge in [0, 0.05) is 34.9 Å². The van der Waals surface area contributed by atoms with Crippen molar-refractivity contribution in [1.29, 1.82) is 0 Å². The minimum Gasteiger partial charge on any atom is -0.459 e. The van der Waals surface area contributed by atoms with Gasteiger partial charge in [-0.05, 0) is 12.1 Å². The van der Waals surface area contributed by atoms with Gasteiger partial charge in [-0.25, -0.2) is 0 Å². The van der Waals surface area contributed by atoms with Crippen LogP contribution in [0.1, 0.15) is 11.3 Å². The summed E-state index contributed by atoms with van der Waals surface area (Å²) in [6.45, 7) is 1.85. The Kier molecular flexibility index (Phi) is 2.27. The number of benzene rings is 1. The van der Waals surface area contributed by atoms with Crippen LogP contribution in [0.15, 0.2) is 21.0 Å². The lowest BCUT2D eigenvalue weighted by Gasteiger charge is -2.10. The molecule has 0 saturated heterocycles. The molecule has 1 aliphatic rings. The van der Waals surface area contributed by atoms with Gasteiger partial charge in [0.25, 0.3) is 0 Å². The van der Waals surface area contributed by atoms with Crippen molar-refractivity contribution in [3.63, 3.8) is 0 Å². The number of rotatable bonds is 0. The maximum absolute atomic E-state index is 6.14. The number of hydrogen-bond acceptors (Lipinski definition) is 2. The minimum atomic E-state index is 0.675. The molecule has 4 heteroatoms. The highest BCUT2D eigenvalue weighted by Crippen LogP contribution is 2.35. The molecule has 0 amide bonds. The lowest BCUT2D eigenvalue weighted by Crippen LogP contribution is -2.22. The molecule has 0 bridgehead atoms. The van der Waals surface area contributed by atoms with Crippen LogP contribution in [0.2, 0.25) is 5.02 Å². The summed E-state index contributed by atoms with van der Waals surface area (Å²) in [5, 5.41) is 5.14. The van der Waals surface area contributed by atoms with Crippen LogP contribution in [-0.2, 0) is 13.0 Å². The Balaban J connectivity index is 2.37. The lowest BCUT2D eigenvalue weighted by molar-refractivity contribution is 0.500. The van der Waals surface area contributed by atoms with Gasteiger partial charge in [-0.3, -0.25) is 0 Å². The molecule has 0 saturated carbocycles. The molecule has 3 rings (SSSR count). The van der Waals surface area contributed by atoms with Crippen LogP contribution in [0.25, 0.3) is 11.0 Å². The van der Waals surface area contributed by atoms with Gasteiger partial charge in [-0.1, -0.05) is 27.5 Å². The molecule has 1 N–H and O–H groups in total. The third kappa shape index (κ3) is 1.50. The number of halogens is 2. The van der Waals surface area contributed by atoms with Gasteiger partial charge in [0.15, 0.2) is 5.58 Å². The van der Waals surface area contributed by atoms with Crippen molar-refractivity contribution in [2.45, 2.75) is 13.0 Å². The molecule has 1 aromatic carbocycles. The van der Waals surface area contributed by atoms with Crippen LogP contribution in [0.5, 0.6) is 0 Å². The Morgan fingerprint density at radius 1 is 1.40 bits per heavy atom. The molecule has 15 heavy (non-hydrogen) atoms. The maximum atomic E-state index is 6.14. The van der Waals surface area contributed by atoms with Crippen molar-refractivity contribution in [3.05, 3.63) is 33.0 Å². The van der Waals surface area contributed by atoms with Gasteiger partial charge in [-0.15, -0.1) is 0 Å². The fourth-order valence-electron chi connectivity index (χ4n) is 2.03. The topological polar surface area (TPSA) is 25.2 Å². The van der Waals surface area contributed by atoms with E-state index in [-0.39, 0.29) is 0 Å². The van der Waals surface area contributed by atoms with E-state index in [1.165, 1.54) is 5.56 Å². The fraction of sp³-hybridized carbons (Fsp3) is 0.273. The predicted octanol–water partition coefficient (Wildman–Crippen LogP) is 3.49. The summed E-state index contributed by atoms with van der Waals surface area (Å²) in [4.78, 5) is 0. The summed E-state index contributed by atoms with van der Waals surface area (Å²) in [5.74, 6) is 1.07. The van der Waals surface area contributed by atoms with Gasteiger partial charge in [0.1, 0.15) is 5.76 Å². The first kappa shape index (κ1) is 9.70. The number of hydrogen-bond donors (Lipinski definition) is 1. The maximum Gasteiger partial charge on any atom is 0.153 e. The van der Waals surface area contributed by atoms with Crippen LogP contribution in [0.3, 0.4) is 0 Å². The Morgan fingerprint density at radius 3 is 3.13 bits per heavy atom. The molecule has 78 valence electrons. The van der Waals surface area contributed by atoms with E-state index in [0.29, 0.717) is 5.02 Å². The van der Waals surface area contributed by atoms with Crippen molar-refractivity contribution < 1.29 is 4.42 Å².